The molecule has 0 aliphatic heterocycles. The predicted molar refractivity (Wildman–Crippen MR) is 81.2 cm³/mol. The van der Waals surface area contributed by atoms with Crippen molar-refractivity contribution in [2.75, 3.05) is 6.61 Å². The minimum atomic E-state index is -0.900. The van der Waals surface area contributed by atoms with E-state index in [-0.39, 0.29) is 5.97 Å². The zero-order valence-electron chi connectivity index (χ0n) is 12.7. The van der Waals surface area contributed by atoms with Crippen LogP contribution in [0.3, 0.4) is 0 Å². The molecule has 0 saturated heterocycles. The first-order valence-electron chi connectivity index (χ1n) is 7.10. The molecule has 0 N–H and O–H groups in total. The number of hydrogen-bond donors (Lipinski definition) is 0. The standard InChI is InChI=1S/C16H17N3O3/c1-4-21-15(20)16(2,3)19-12-8-6-5-7-11(12)9-13(19)14-18-17-10-22-14/h5-10H,4H2,1-3H3. The van der Waals surface area contributed by atoms with Gasteiger partial charge in [0.25, 0.3) is 5.89 Å². The van der Waals surface area contributed by atoms with E-state index in [1.807, 2.05) is 48.7 Å². The van der Waals surface area contributed by atoms with Crippen LogP contribution < -0.4 is 0 Å². The Bertz CT molecular complexity index is 803. The lowest BCUT2D eigenvalue weighted by Gasteiger charge is -2.27. The summed E-state index contributed by atoms with van der Waals surface area (Å²) in [5.41, 5.74) is 0.702. The van der Waals surface area contributed by atoms with Gasteiger partial charge in [0.05, 0.1) is 6.61 Å². The molecule has 3 aromatic rings. The number of rotatable bonds is 4. The molecule has 3 rings (SSSR count). The fraction of sp³-hybridized carbons (Fsp3) is 0.312. The fourth-order valence-corrected chi connectivity index (χ4v) is 2.60. The van der Waals surface area contributed by atoms with Crippen molar-refractivity contribution in [2.24, 2.45) is 0 Å². The Labute approximate surface area is 127 Å². The van der Waals surface area contributed by atoms with Crippen LogP contribution in [0.4, 0.5) is 0 Å². The molecular weight excluding hydrogens is 282 g/mol. The lowest BCUT2D eigenvalue weighted by Crippen LogP contribution is -2.37. The lowest BCUT2D eigenvalue weighted by atomic mass is 10.0. The van der Waals surface area contributed by atoms with Gasteiger partial charge in [0, 0.05) is 10.9 Å². The normalized spacial score (nSPS) is 11.8. The van der Waals surface area contributed by atoms with Crippen LogP contribution in [-0.4, -0.2) is 27.3 Å². The largest absolute Gasteiger partial charge is 0.464 e. The number of fused-ring (bicyclic) bond motifs is 1. The molecule has 1 aromatic carbocycles. The first-order chi connectivity index (χ1) is 10.6. The van der Waals surface area contributed by atoms with Crippen molar-refractivity contribution in [1.82, 2.24) is 14.8 Å². The zero-order valence-corrected chi connectivity index (χ0v) is 12.7. The molecule has 0 saturated carbocycles. The van der Waals surface area contributed by atoms with Gasteiger partial charge in [-0.3, -0.25) is 0 Å². The summed E-state index contributed by atoms with van der Waals surface area (Å²) in [6.45, 7) is 5.76. The first kappa shape index (κ1) is 14.3. The molecule has 22 heavy (non-hydrogen) atoms. The Morgan fingerprint density at radius 1 is 1.36 bits per heavy atom. The summed E-state index contributed by atoms with van der Waals surface area (Å²) in [6.07, 6.45) is 1.27. The van der Waals surface area contributed by atoms with Gasteiger partial charge in [-0.1, -0.05) is 18.2 Å². The summed E-state index contributed by atoms with van der Waals surface area (Å²) in [6, 6.07) is 9.74. The van der Waals surface area contributed by atoms with Crippen LogP contribution in [-0.2, 0) is 15.1 Å². The van der Waals surface area contributed by atoms with Crippen LogP contribution in [0.15, 0.2) is 41.1 Å². The van der Waals surface area contributed by atoms with Gasteiger partial charge in [0.2, 0.25) is 6.39 Å². The molecule has 0 radical (unpaired) electrons. The summed E-state index contributed by atoms with van der Waals surface area (Å²) in [7, 11) is 0. The van der Waals surface area contributed by atoms with E-state index in [1.165, 1.54) is 6.39 Å². The third-order valence-electron chi connectivity index (χ3n) is 3.62. The van der Waals surface area contributed by atoms with Gasteiger partial charge in [0.15, 0.2) is 0 Å². The average Bonchev–Trinajstić information content (AvgIpc) is 3.14. The Hall–Kier alpha value is -2.63. The van der Waals surface area contributed by atoms with Crippen LogP contribution in [0, 0.1) is 0 Å². The molecule has 2 heterocycles. The second kappa shape index (κ2) is 5.29. The SMILES string of the molecule is CCOC(=O)C(C)(C)n1c(-c2nnco2)cc2ccccc21. The van der Waals surface area contributed by atoms with Crippen LogP contribution in [0.1, 0.15) is 20.8 Å². The van der Waals surface area contributed by atoms with Gasteiger partial charge in [0.1, 0.15) is 11.2 Å². The molecule has 0 spiro atoms. The molecule has 6 heteroatoms. The number of carbonyl (C=O) groups excluding carboxylic acids is 1. The third kappa shape index (κ3) is 2.16. The molecule has 0 aliphatic carbocycles. The molecule has 2 aromatic heterocycles. The highest BCUT2D eigenvalue weighted by Crippen LogP contribution is 2.33. The number of esters is 1. The van der Waals surface area contributed by atoms with Crippen LogP contribution in [0.25, 0.3) is 22.5 Å². The van der Waals surface area contributed by atoms with Crippen molar-refractivity contribution >= 4 is 16.9 Å². The van der Waals surface area contributed by atoms with Crippen molar-refractivity contribution in [3.8, 4) is 11.6 Å². The number of para-hydroxylation sites is 1. The maximum atomic E-state index is 12.4. The fourth-order valence-electron chi connectivity index (χ4n) is 2.60. The van der Waals surface area contributed by atoms with Gasteiger partial charge in [-0.05, 0) is 32.9 Å². The molecule has 0 atom stereocenters. The molecule has 0 unspecified atom stereocenters. The van der Waals surface area contributed by atoms with Crippen LogP contribution >= 0.6 is 0 Å². The van der Waals surface area contributed by atoms with E-state index in [9.17, 15) is 4.79 Å². The Balaban J connectivity index is 2.27. The zero-order chi connectivity index (χ0) is 15.7. The monoisotopic (exact) mass is 299 g/mol. The maximum Gasteiger partial charge on any atom is 0.331 e. The Morgan fingerprint density at radius 3 is 2.82 bits per heavy atom. The first-order valence-corrected chi connectivity index (χ1v) is 7.10. The molecular formula is C16H17N3O3. The van der Waals surface area contributed by atoms with Gasteiger partial charge < -0.3 is 13.7 Å². The minimum Gasteiger partial charge on any atom is -0.464 e. The summed E-state index contributed by atoms with van der Waals surface area (Å²) in [5.74, 6) is 0.0608. The second-order valence-corrected chi connectivity index (χ2v) is 5.45. The van der Waals surface area contributed by atoms with E-state index in [4.69, 9.17) is 9.15 Å². The van der Waals surface area contributed by atoms with Gasteiger partial charge in [-0.25, -0.2) is 4.79 Å². The Morgan fingerprint density at radius 2 is 2.14 bits per heavy atom. The van der Waals surface area contributed by atoms with Gasteiger partial charge in [-0.15, -0.1) is 10.2 Å². The highest BCUT2D eigenvalue weighted by Gasteiger charge is 2.35. The number of carbonyl (C=O) groups is 1. The highest BCUT2D eigenvalue weighted by atomic mass is 16.5. The lowest BCUT2D eigenvalue weighted by molar-refractivity contribution is -0.151. The number of ether oxygens (including phenoxy) is 1. The summed E-state index contributed by atoms with van der Waals surface area (Å²) < 4.78 is 12.4. The van der Waals surface area contributed by atoms with E-state index >= 15 is 0 Å². The average molecular weight is 299 g/mol. The van der Waals surface area contributed by atoms with E-state index in [1.54, 1.807) is 6.92 Å². The minimum absolute atomic E-state index is 0.308. The quantitative estimate of drug-likeness (QED) is 0.693. The number of nitrogens with zero attached hydrogens (tertiary/aromatic N) is 3. The molecule has 0 bridgehead atoms. The number of hydrogen-bond acceptors (Lipinski definition) is 5. The molecule has 6 nitrogen and oxygen atoms in total. The summed E-state index contributed by atoms with van der Waals surface area (Å²) in [5, 5.41) is 8.69. The molecule has 114 valence electrons. The van der Waals surface area contributed by atoms with E-state index in [2.05, 4.69) is 10.2 Å². The van der Waals surface area contributed by atoms with Crippen molar-refractivity contribution in [3.63, 3.8) is 0 Å². The van der Waals surface area contributed by atoms with Crippen molar-refractivity contribution < 1.29 is 13.9 Å². The summed E-state index contributed by atoms with van der Waals surface area (Å²) >= 11 is 0. The van der Waals surface area contributed by atoms with Crippen molar-refractivity contribution in [3.05, 3.63) is 36.7 Å². The highest BCUT2D eigenvalue weighted by molar-refractivity contribution is 5.89. The van der Waals surface area contributed by atoms with E-state index in [0.29, 0.717) is 18.2 Å². The number of aromatic nitrogens is 3. The van der Waals surface area contributed by atoms with Gasteiger partial charge >= 0.3 is 5.97 Å². The predicted octanol–water partition coefficient (Wildman–Crippen LogP) is 2.99. The van der Waals surface area contributed by atoms with Crippen LogP contribution in [0.2, 0.25) is 0 Å². The summed E-state index contributed by atoms with van der Waals surface area (Å²) in [4.78, 5) is 12.4. The van der Waals surface area contributed by atoms with Gasteiger partial charge in [-0.2, -0.15) is 0 Å². The topological polar surface area (TPSA) is 70.2 Å². The third-order valence-corrected chi connectivity index (χ3v) is 3.62. The maximum absolute atomic E-state index is 12.4. The smallest absolute Gasteiger partial charge is 0.331 e. The second-order valence-electron chi connectivity index (χ2n) is 5.45. The number of benzene rings is 1. The molecule has 0 aliphatic rings. The molecule has 0 fully saturated rings. The van der Waals surface area contributed by atoms with E-state index in [0.717, 1.165) is 10.9 Å². The van der Waals surface area contributed by atoms with Crippen LogP contribution in [0.5, 0.6) is 0 Å². The molecule has 0 amide bonds. The van der Waals surface area contributed by atoms with Crippen molar-refractivity contribution in [1.29, 1.82) is 0 Å². The Kier molecular flexibility index (Phi) is 3.44. The van der Waals surface area contributed by atoms with Crippen molar-refractivity contribution in [2.45, 2.75) is 26.3 Å². The van der Waals surface area contributed by atoms with E-state index < -0.39 is 5.54 Å².